The number of hydrogen-bond donors (Lipinski definition) is 2. The number of carbonyl (C=O) groups is 1. The number of carbonyl (C=O) groups excluding carboxylic acids is 1. The zero-order valence-corrected chi connectivity index (χ0v) is 10.6. The Bertz CT molecular complexity index is 391. The molecule has 4 nitrogen and oxygen atoms in total. The van der Waals surface area contributed by atoms with Gasteiger partial charge in [-0.1, -0.05) is 13.0 Å². The molecule has 1 unspecified atom stereocenters. The lowest BCUT2D eigenvalue weighted by Gasteiger charge is -2.12. The number of anilines is 1. The van der Waals surface area contributed by atoms with E-state index in [1.807, 2.05) is 19.9 Å². The lowest BCUT2D eigenvalue weighted by Crippen LogP contribution is -2.29. The number of methoxy groups -OCH3 is 1. The molecule has 1 rings (SSSR count). The molecular weight excluding hydrogens is 216 g/mol. The first-order valence-electron chi connectivity index (χ1n) is 5.68. The van der Waals surface area contributed by atoms with Gasteiger partial charge in [0.05, 0.1) is 6.61 Å². The number of nitrogens with one attached hydrogen (secondary N) is 1. The summed E-state index contributed by atoms with van der Waals surface area (Å²) in [5.41, 5.74) is 7.98. The van der Waals surface area contributed by atoms with Crippen molar-refractivity contribution < 1.29 is 9.53 Å². The number of amides is 1. The van der Waals surface area contributed by atoms with Gasteiger partial charge in [-0.05, 0) is 30.5 Å². The summed E-state index contributed by atoms with van der Waals surface area (Å²) in [6.45, 7) is 5.17. The van der Waals surface area contributed by atoms with E-state index in [-0.39, 0.29) is 5.91 Å². The average Bonchev–Trinajstić information content (AvgIpc) is 2.30. The van der Waals surface area contributed by atoms with E-state index >= 15 is 0 Å². The van der Waals surface area contributed by atoms with E-state index in [9.17, 15) is 4.79 Å². The third-order valence-corrected chi connectivity index (χ3v) is 2.60. The van der Waals surface area contributed by atoms with Crippen LogP contribution in [0.5, 0.6) is 0 Å². The molecule has 0 saturated carbocycles. The van der Waals surface area contributed by atoms with Gasteiger partial charge < -0.3 is 15.8 Å². The van der Waals surface area contributed by atoms with Gasteiger partial charge in [0.1, 0.15) is 0 Å². The predicted octanol–water partition coefficient (Wildman–Crippen LogP) is 1.59. The van der Waals surface area contributed by atoms with Crippen LogP contribution in [0.4, 0.5) is 5.69 Å². The van der Waals surface area contributed by atoms with Crippen LogP contribution in [0, 0.1) is 12.8 Å². The monoisotopic (exact) mass is 236 g/mol. The van der Waals surface area contributed by atoms with E-state index in [2.05, 4.69) is 5.32 Å². The highest BCUT2D eigenvalue weighted by Crippen LogP contribution is 2.12. The summed E-state index contributed by atoms with van der Waals surface area (Å²) in [5, 5.41) is 2.86. The van der Waals surface area contributed by atoms with Gasteiger partial charge in [-0.25, -0.2) is 0 Å². The Labute approximate surface area is 102 Å². The maximum Gasteiger partial charge on any atom is 0.251 e. The summed E-state index contributed by atoms with van der Waals surface area (Å²) in [6.07, 6.45) is 0. The summed E-state index contributed by atoms with van der Waals surface area (Å²) >= 11 is 0. The van der Waals surface area contributed by atoms with Crippen molar-refractivity contribution in [2.45, 2.75) is 13.8 Å². The average molecular weight is 236 g/mol. The Morgan fingerprint density at radius 2 is 2.24 bits per heavy atom. The fourth-order valence-corrected chi connectivity index (χ4v) is 1.49. The van der Waals surface area contributed by atoms with E-state index in [1.165, 1.54) is 0 Å². The molecule has 0 fully saturated rings. The molecular formula is C13H20N2O2. The van der Waals surface area contributed by atoms with Crippen LogP contribution in [0.25, 0.3) is 0 Å². The topological polar surface area (TPSA) is 64.3 Å². The van der Waals surface area contributed by atoms with Gasteiger partial charge >= 0.3 is 0 Å². The lowest BCUT2D eigenvalue weighted by atomic mass is 10.1. The standard InChI is InChI=1S/C13H20N2O2/c1-9(8-17-3)7-15-13(16)11-5-4-10(2)12(14)6-11/h4-6,9H,7-8,14H2,1-3H3,(H,15,16). The van der Waals surface area contributed by atoms with E-state index in [0.29, 0.717) is 30.3 Å². The van der Waals surface area contributed by atoms with Crippen molar-refractivity contribution in [2.75, 3.05) is 26.0 Å². The van der Waals surface area contributed by atoms with E-state index in [0.717, 1.165) is 5.56 Å². The molecule has 0 aliphatic heterocycles. The minimum absolute atomic E-state index is 0.0975. The van der Waals surface area contributed by atoms with Gasteiger partial charge in [0, 0.05) is 24.9 Å². The van der Waals surface area contributed by atoms with Crippen LogP contribution >= 0.6 is 0 Å². The van der Waals surface area contributed by atoms with Crippen LogP contribution in [0.3, 0.4) is 0 Å². The van der Waals surface area contributed by atoms with Crippen LogP contribution in [0.2, 0.25) is 0 Å². The van der Waals surface area contributed by atoms with Crippen molar-refractivity contribution >= 4 is 11.6 Å². The zero-order valence-electron chi connectivity index (χ0n) is 10.6. The maximum atomic E-state index is 11.8. The van der Waals surface area contributed by atoms with Crippen molar-refractivity contribution in [3.63, 3.8) is 0 Å². The van der Waals surface area contributed by atoms with Crippen LogP contribution in [-0.4, -0.2) is 26.2 Å². The normalized spacial score (nSPS) is 12.2. The van der Waals surface area contributed by atoms with Crippen LogP contribution in [0.1, 0.15) is 22.8 Å². The molecule has 94 valence electrons. The number of rotatable bonds is 5. The highest BCUT2D eigenvalue weighted by atomic mass is 16.5. The number of ether oxygens (including phenoxy) is 1. The minimum atomic E-state index is -0.0975. The largest absolute Gasteiger partial charge is 0.398 e. The molecule has 0 bridgehead atoms. The van der Waals surface area contributed by atoms with Crippen molar-refractivity contribution in [3.8, 4) is 0 Å². The number of aryl methyl sites for hydroxylation is 1. The molecule has 0 heterocycles. The number of benzene rings is 1. The molecule has 1 aromatic carbocycles. The molecule has 1 amide bonds. The zero-order chi connectivity index (χ0) is 12.8. The van der Waals surface area contributed by atoms with Crippen molar-refractivity contribution in [2.24, 2.45) is 5.92 Å². The van der Waals surface area contributed by atoms with Gasteiger partial charge in [-0.2, -0.15) is 0 Å². The van der Waals surface area contributed by atoms with Crippen LogP contribution in [-0.2, 0) is 4.74 Å². The van der Waals surface area contributed by atoms with Crippen molar-refractivity contribution in [1.29, 1.82) is 0 Å². The summed E-state index contributed by atoms with van der Waals surface area (Å²) in [7, 11) is 1.65. The highest BCUT2D eigenvalue weighted by Gasteiger charge is 2.08. The number of hydrogen-bond acceptors (Lipinski definition) is 3. The summed E-state index contributed by atoms with van der Waals surface area (Å²) in [5.74, 6) is 0.200. The molecule has 0 aliphatic rings. The van der Waals surface area contributed by atoms with Gasteiger partial charge in [0.2, 0.25) is 0 Å². The Kier molecular flexibility index (Phi) is 4.97. The Morgan fingerprint density at radius 1 is 1.53 bits per heavy atom. The second-order valence-electron chi connectivity index (χ2n) is 4.34. The fraction of sp³-hybridized carbons (Fsp3) is 0.462. The summed E-state index contributed by atoms with van der Waals surface area (Å²) < 4.78 is 5.01. The molecule has 1 atom stereocenters. The molecule has 3 N–H and O–H groups in total. The van der Waals surface area contributed by atoms with Crippen molar-refractivity contribution in [1.82, 2.24) is 5.32 Å². The molecule has 0 spiro atoms. The fourth-order valence-electron chi connectivity index (χ4n) is 1.49. The Hall–Kier alpha value is -1.55. The van der Waals surface area contributed by atoms with E-state index in [4.69, 9.17) is 10.5 Å². The maximum absolute atomic E-state index is 11.8. The molecule has 1 aromatic rings. The smallest absolute Gasteiger partial charge is 0.251 e. The van der Waals surface area contributed by atoms with Crippen molar-refractivity contribution in [3.05, 3.63) is 29.3 Å². The quantitative estimate of drug-likeness (QED) is 0.763. The lowest BCUT2D eigenvalue weighted by molar-refractivity contribution is 0.0934. The third-order valence-electron chi connectivity index (χ3n) is 2.60. The molecule has 0 saturated heterocycles. The minimum Gasteiger partial charge on any atom is -0.398 e. The van der Waals surface area contributed by atoms with Crippen LogP contribution < -0.4 is 11.1 Å². The SMILES string of the molecule is COCC(C)CNC(=O)c1ccc(C)c(N)c1. The number of nitrogens with two attached hydrogens (primary N) is 1. The first-order chi connectivity index (χ1) is 8.04. The highest BCUT2D eigenvalue weighted by molar-refractivity contribution is 5.95. The summed E-state index contributed by atoms with van der Waals surface area (Å²) in [6, 6.07) is 5.33. The molecule has 0 aliphatic carbocycles. The van der Waals surface area contributed by atoms with E-state index in [1.54, 1.807) is 19.2 Å². The molecule has 4 heteroatoms. The molecule has 17 heavy (non-hydrogen) atoms. The second kappa shape index (κ2) is 6.25. The first-order valence-corrected chi connectivity index (χ1v) is 5.68. The first kappa shape index (κ1) is 13.5. The Morgan fingerprint density at radius 3 is 2.82 bits per heavy atom. The molecule has 0 aromatic heterocycles. The third kappa shape index (κ3) is 4.07. The van der Waals surface area contributed by atoms with E-state index < -0.39 is 0 Å². The van der Waals surface area contributed by atoms with Gasteiger partial charge in [-0.15, -0.1) is 0 Å². The van der Waals surface area contributed by atoms with Gasteiger partial charge in [0.15, 0.2) is 0 Å². The second-order valence-corrected chi connectivity index (χ2v) is 4.34. The van der Waals surface area contributed by atoms with Gasteiger partial charge in [0.25, 0.3) is 5.91 Å². The predicted molar refractivity (Wildman–Crippen MR) is 69.0 cm³/mol. The molecule has 0 radical (unpaired) electrons. The number of nitrogen functional groups attached to an aromatic ring is 1. The van der Waals surface area contributed by atoms with Gasteiger partial charge in [-0.3, -0.25) is 4.79 Å². The Balaban J connectivity index is 2.55. The van der Waals surface area contributed by atoms with Crippen LogP contribution in [0.15, 0.2) is 18.2 Å². The summed E-state index contributed by atoms with van der Waals surface area (Å²) in [4.78, 5) is 11.8.